The van der Waals surface area contributed by atoms with Gasteiger partial charge in [0.25, 0.3) is 0 Å². The number of hydrogen-bond donors (Lipinski definition) is 1. The second-order valence-electron chi connectivity index (χ2n) is 5.22. The topological polar surface area (TPSA) is 49.8 Å². The molecule has 1 aliphatic rings. The van der Waals surface area contributed by atoms with Crippen LogP contribution >= 0.6 is 23.6 Å². The summed E-state index contributed by atoms with van der Waals surface area (Å²) in [6, 6.07) is 0.199. The molecule has 0 bridgehead atoms. The molecule has 0 spiro atoms. The minimum atomic E-state index is 0.199. The van der Waals surface area contributed by atoms with Gasteiger partial charge in [-0.15, -0.1) is 11.3 Å². The summed E-state index contributed by atoms with van der Waals surface area (Å²) < 4.78 is 2.09. The first-order valence-electron chi connectivity index (χ1n) is 6.80. The number of thiazole rings is 1. The molecule has 108 valence electrons. The van der Waals surface area contributed by atoms with E-state index < -0.39 is 0 Å². The second-order valence-corrected chi connectivity index (χ2v) is 6.56. The lowest BCUT2D eigenvalue weighted by Crippen LogP contribution is -2.52. The minimum Gasteiger partial charge on any atom is -0.392 e. The Balaban J connectivity index is 1.56. The molecule has 2 N–H and O–H groups in total. The van der Waals surface area contributed by atoms with Gasteiger partial charge >= 0.3 is 0 Å². The van der Waals surface area contributed by atoms with E-state index in [4.69, 9.17) is 18.0 Å². The Labute approximate surface area is 128 Å². The molecule has 0 radical (unpaired) electrons. The van der Waals surface area contributed by atoms with Gasteiger partial charge in [0.15, 0.2) is 4.96 Å². The molecule has 20 heavy (non-hydrogen) atoms. The van der Waals surface area contributed by atoms with Crippen molar-refractivity contribution in [2.24, 2.45) is 5.73 Å². The van der Waals surface area contributed by atoms with Crippen LogP contribution in [0.5, 0.6) is 0 Å². The van der Waals surface area contributed by atoms with Crippen molar-refractivity contribution in [1.82, 2.24) is 19.2 Å². The van der Waals surface area contributed by atoms with Crippen LogP contribution in [0.2, 0.25) is 0 Å². The molecule has 1 aliphatic heterocycles. The summed E-state index contributed by atoms with van der Waals surface area (Å²) in [6.45, 7) is 7.11. The highest BCUT2D eigenvalue weighted by atomic mass is 32.1. The second kappa shape index (κ2) is 5.77. The fourth-order valence-electron chi connectivity index (χ4n) is 2.57. The number of imidazole rings is 1. The van der Waals surface area contributed by atoms with Gasteiger partial charge in [-0.2, -0.15) is 0 Å². The van der Waals surface area contributed by atoms with Crippen LogP contribution in [-0.2, 0) is 6.54 Å². The van der Waals surface area contributed by atoms with Crippen LogP contribution in [0.4, 0.5) is 0 Å². The molecule has 2 aromatic rings. The molecule has 3 rings (SSSR count). The first-order valence-corrected chi connectivity index (χ1v) is 8.09. The van der Waals surface area contributed by atoms with Gasteiger partial charge in [-0.25, -0.2) is 4.98 Å². The zero-order valence-corrected chi connectivity index (χ0v) is 13.2. The summed E-state index contributed by atoms with van der Waals surface area (Å²) in [5.74, 6) is 0. The van der Waals surface area contributed by atoms with E-state index >= 15 is 0 Å². The quantitative estimate of drug-likeness (QED) is 0.860. The number of rotatable bonds is 4. The Kier molecular flexibility index (Phi) is 4.02. The van der Waals surface area contributed by atoms with E-state index in [1.165, 1.54) is 0 Å². The average molecular weight is 309 g/mol. The van der Waals surface area contributed by atoms with Crippen molar-refractivity contribution in [2.75, 3.05) is 26.2 Å². The van der Waals surface area contributed by atoms with Gasteiger partial charge in [-0.1, -0.05) is 12.2 Å². The van der Waals surface area contributed by atoms with Crippen molar-refractivity contribution in [3.05, 3.63) is 23.5 Å². The Morgan fingerprint density at radius 3 is 2.85 bits per heavy atom. The van der Waals surface area contributed by atoms with E-state index in [2.05, 4.69) is 43.9 Å². The summed E-state index contributed by atoms with van der Waals surface area (Å²) in [7, 11) is 0. The van der Waals surface area contributed by atoms with Gasteiger partial charge in [0.1, 0.15) is 0 Å². The lowest BCUT2D eigenvalue weighted by molar-refractivity contribution is 0.117. The van der Waals surface area contributed by atoms with Crippen molar-refractivity contribution in [1.29, 1.82) is 0 Å². The largest absolute Gasteiger partial charge is 0.392 e. The monoisotopic (exact) mass is 309 g/mol. The lowest BCUT2D eigenvalue weighted by atomic mass is 10.2. The van der Waals surface area contributed by atoms with E-state index in [1.54, 1.807) is 11.3 Å². The molecule has 2 aromatic heterocycles. The maximum absolute atomic E-state index is 5.72. The third-order valence-corrected chi connectivity index (χ3v) is 5.01. The number of thiocarbonyl (C=S) groups is 1. The molecule has 0 amide bonds. The van der Waals surface area contributed by atoms with Gasteiger partial charge in [0.05, 0.1) is 16.7 Å². The highest BCUT2D eigenvalue weighted by Gasteiger charge is 2.22. The van der Waals surface area contributed by atoms with Gasteiger partial charge < -0.3 is 5.73 Å². The third kappa shape index (κ3) is 2.85. The van der Waals surface area contributed by atoms with Crippen molar-refractivity contribution in [3.8, 4) is 0 Å². The fourth-order valence-corrected chi connectivity index (χ4v) is 3.44. The average Bonchev–Trinajstić information content (AvgIpc) is 2.99. The number of nitrogens with two attached hydrogens (primary N) is 1. The van der Waals surface area contributed by atoms with Crippen molar-refractivity contribution in [2.45, 2.75) is 19.5 Å². The van der Waals surface area contributed by atoms with Crippen molar-refractivity contribution in [3.63, 3.8) is 0 Å². The molecule has 0 saturated carbocycles. The van der Waals surface area contributed by atoms with Gasteiger partial charge in [-0.05, 0) is 6.92 Å². The van der Waals surface area contributed by atoms with Crippen LogP contribution in [0.15, 0.2) is 17.8 Å². The van der Waals surface area contributed by atoms with E-state index in [1.807, 2.05) is 0 Å². The Bertz CT molecular complexity index is 568. The van der Waals surface area contributed by atoms with E-state index in [-0.39, 0.29) is 6.04 Å². The molecule has 5 nitrogen and oxygen atoms in total. The maximum atomic E-state index is 5.72. The first kappa shape index (κ1) is 13.9. The third-order valence-electron chi connectivity index (χ3n) is 3.90. The van der Waals surface area contributed by atoms with Crippen LogP contribution in [0.25, 0.3) is 4.96 Å². The van der Waals surface area contributed by atoms with Crippen molar-refractivity contribution >= 4 is 33.5 Å². The Hall–Kier alpha value is -1.02. The molecule has 1 fully saturated rings. The lowest BCUT2D eigenvalue weighted by Gasteiger charge is -2.37. The summed E-state index contributed by atoms with van der Waals surface area (Å²) in [5.41, 5.74) is 6.87. The van der Waals surface area contributed by atoms with E-state index in [9.17, 15) is 0 Å². The summed E-state index contributed by atoms with van der Waals surface area (Å²) in [4.78, 5) is 11.1. The van der Waals surface area contributed by atoms with Gasteiger partial charge in [0, 0.05) is 50.5 Å². The van der Waals surface area contributed by atoms with Crippen LogP contribution in [0.1, 0.15) is 12.6 Å². The van der Waals surface area contributed by atoms with Crippen LogP contribution in [0, 0.1) is 0 Å². The molecule has 1 unspecified atom stereocenters. The Morgan fingerprint density at radius 2 is 2.20 bits per heavy atom. The molecule has 0 aliphatic carbocycles. The number of piperazine rings is 1. The summed E-state index contributed by atoms with van der Waals surface area (Å²) in [6.07, 6.45) is 4.17. The normalized spacial score (nSPS) is 19.4. The summed E-state index contributed by atoms with van der Waals surface area (Å²) in [5, 5.41) is 2.06. The highest BCUT2D eigenvalue weighted by molar-refractivity contribution is 7.80. The molecule has 0 aromatic carbocycles. The van der Waals surface area contributed by atoms with E-state index in [0.29, 0.717) is 4.99 Å². The molecular weight excluding hydrogens is 290 g/mol. The minimum absolute atomic E-state index is 0.199. The predicted molar refractivity (Wildman–Crippen MR) is 86.2 cm³/mol. The van der Waals surface area contributed by atoms with Crippen LogP contribution < -0.4 is 5.73 Å². The molecule has 3 heterocycles. The molecule has 1 saturated heterocycles. The van der Waals surface area contributed by atoms with E-state index in [0.717, 1.165) is 43.4 Å². The summed E-state index contributed by atoms with van der Waals surface area (Å²) >= 11 is 6.75. The predicted octanol–water partition coefficient (Wildman–Crippen LogP) is 1.19. The molecule has 7 heteroatoms. The number of fused-ring (bicyclic) bond motifs is 1. The van der Waals surface area contributed by atoms with Crippen molar-refractivity contribution < 1.29 is 0 Å². The van der Waals surface area contributed by atoms with Gasteiger partial charge in [0.2, 0.25) is 0 Å². The standard InChI is InChI=1S/C13H19N5S2/c1-10(12(14)19)17-4-2-16(3-5-17)8-11-9-18-6-7-20-13(18)15-11/h6-7,9-10H,2-5,8H2,1H3,(H2,14,19). The molecule has 1 atom stereocenters. The number of aromatic nitrogens is 2. The number of nitrogens with zero attached hydrogens (tertiary/aromatic N) is 4. The smallest absolute Gasteiger partial charge is 0.193 e. The van der Waals surface area contributed by atoms with Crippen LogP contribution in [0.3, 0.4) is 0 Å². The van der Waals surface area contributed by atoms with Gasteiger partial charge in [-0.3, -0.25) is 14.2 Å². The fraction of sp³-hybridized carbons (Fsp3) is 0.538. The van der Waals surface area contributed by atoms with Crippen LogP contribution in [-0.4, -0.2) is 56.4 Å². The SMILES string of the molecule is CC(C(N)=S)N1CCN(Cc2cn3ccsc3n2)CC1. The zero-order chi connectivity index (χ0) is 14.1. The molecular formula is C13H19N5S2. The maximum Gasteiger partial charge on any atom is 0.193 e. The highest BCUT2D eigenvalue weighted by Crippen LogP contribution is 2.14. The first-order chi connectivity index (χ1) is 9.63. The number of hydrogen-bond acceptors (Lipinski definition) is 5. The zero-order valence-electron chi connectivity index (χ0n) is 11.5. The Morgan fingerprint density at radius 1 is 1.45 bits per heavy atom.